The van der Waals surface area contributed by atoms with Crippen molar-refractivity contribution < 1.29 is 0 Å². The number of rotatable bonds is 4. The minimum absolute atomic E-state index is 0.400. The van der Waals surface area contributed by atoms with Crippen molar-refractivity contribution in [3.8, 4) is 0 Å². The van der Waals surface area contributed by atoms with E-state index in [1.807, 2.05) is 35.9 Å². The molecule has 92 valence electrons. The number of imidazole rings is 1. The quantitative estimate of drug-likeness (QED) is 0.775. The molecule has 0 amide bonds. The number of hydrogen-bond donors (Lipinski definition) is 1. The maximum absolute atomic E-state index is 4.29. The van der Waals surface area contributed by atoms with Gasteiger partial charge in [-0.1, -0.05) is 12.1 Å². The van der Waals surface area contributed by atoms with Crippen LogP contribution < -0.4 is 5.32 Å². The van der Waals surface area contributed by atoms with E-state index >= 15 is 0 Å². The van der Waals surface area contributed by atoms with Gasteiger partial charge in [0.15, 0.2) is 0 Å². The normalized spacial score (nSPS) is 12.7. The number of hydrogen-bond acceptors (Lipinski definition) is 3. The lowest BCUT2D eigenvalue weighted by Gasteiger charge is -2.15. The highest BCUT2D eigenvalue weighted by atomic mass is 32.1. The van der Waals surface area contributed by atoms with Crippen LogP contribution in [0.2, 0.25) is 0 Å². The number of nitrogens with one attached hydrogen (secondary N) is 1. The Kier molecular flexibility index (Phi) is 3.02. The van der Waals surface area contributed by atoms with E-state index in [4.69, 9.17) is 0 Å². The summed E-state index contributed by atoms with van der Waals surface area (Å²) >= 11 is 1.81. The lowest BCUT2D eigenvalue weighted by Crippen LogP contribution is -2.19. The molecule has 3 heterocycles. The van der Waals surface area contributed by atoms with E-state index in [2.05, 4.69) is 45.2 Å². The molecule has 0 aliphatic heterocycles. The molecule has 0 radical (unpaired) electrons. The summed E-state index contributed by atoms with van der Waals surface area (Å²) < 4.78 is 2.07. The van der Waals surface area contributed by atoms with E-state index in [0.717, 1.165) is 17.9 Å². The first-order chi connectivity index (χ1) is 8.83. The summed E-state index contributed by atoms with van der Waals surface area (Å²) in [7, 11) is 0. The van der Waals surface area contributed by atoms with Crippen molar-refractivity contribution in [2.45, 2.75) is 19.4 Å². The first-order valence-electron chi connectivity index (χ1n) is 6.04. The molecule has 0 fully saturated rings. The average Bonchev–Trinajstić information content (AvgIpc) is 2.99. The summed E-state index contributed by atoms with van der Waals surface area (Å²) in [5.74, 6) is 1.09. The van der Waals surface area contributed by atoms with Gasteiger partial charge in [0.1, 0.15) is 11.5 Å². The Hall–Kier alpha value is -1.81. The molecule has 4 heteroatoms. The number of pyridine rings is 1. The van der Waals surface area contributed by atoms with Crippen LogP contribution in [0.4, 0.5) is 5.82 Å². The predicted molar refractivity (Wildman–Crippen MR) is 76.3 cm³/mol. The Balaban J connectivity index is 1.77. The highest BCUT2D eigenvalue weighted by molar-refractivity contribution is 7.09. The Labute approximate surface area is 110 Å². The van der Waals surface area contributed by atoms with E-state index in [0.29, 0.717) is 6.04 Å². The zero-order chi connectivity index (χ0) is 12.4. The third-order valence-electron chi connectivity index (χ3n) is 2.91. The third kappa shape index (κ3) is 2.24. The Bertz CT molecular complexity index is 627. The maximum Gasteiger partial charge on any atom is 0.138 e. The van der Waals surface area contributed by atoms with Gasteiger partial charge in [-0.25, -0.2) is 4.98 Å². The van der Waals surface area contributed by atoms with Crippen LogP contribution in [0.3, 0.4) is 0 Å². The molecule has 1 unspecified atom stereocenters. The number of thiophene rings is 1. The van der Waals surface area contributed by atoms with Gasteiger partial charge in [0.05, 0.1) is 0 Å². The van der Waals surface area contributed by atoms with E-state index in [9.17, 15) is 0 Å². The monoisotopic (exact) mass is 257 g/mol. The molecule has 0 aliphatic rings. The van der Waals surface area contributed by atoms with Crippen molar-refractivity contribution in [3.63, 3.8) is 0 Å². The third-order valence-corrected chi connectivity index (χ3v) is 3.81. The summed E-state index contributed by atoms with van der Waals surface area (Å²) in [5.41, 5.74) is 0.975. The Morgan fingerprint density at radius 2 is 2.28 bits per heavy atom. The lowest BCUT2D eigenvalue weighted by molar-refractivity contribution is 0.791. The van der Waals surface area contributed by atoms with Crippen LogP contribution in [-0.4, -0.2) is 15.4 Å². The molecular weight excluding hydrogens is 242 g/mol. The fraction of sp³-hybridized carbons (Fsp3) is 0.214. The van der Waals surface area contributed by atoms with Crippen molar-refractivity contribution in [1.82, 2.24) is 9.38 Å². The van der Waals surface area contributed by atoms with Crippen LogP contribution in [0.1, 0.15) is 11.8 Å². The minimum Gasteiger partial charge on any atom is -0.368 e. The largest absolute Gasteiger partial charge is 0.368 e. The van der Waals surface area contributed by atoms with Crippen molar-refractivity contribution >= 4 is 22.8 Å². The van der Waals surface area contributed by atoms with Gasteiger partial charge in [-0.2, -0.15) is 0 Å². The second kappa shape index (κ2) is 4.82. The van der Waals surface area contributed by atoms with Crippen molar-refractivity contribution in [2.75, 3.05) is 5.32 Å². The van der Waals surface area contributed by atoms with Crippen molar-refractivity contribution in [1.29, 1.82) is 0 Å². The molecule has 3 aromatic heterocycles. The lowest BCUT2D eigenvalue weighted by atomic mass is 10.2. The zero-order valence-corrected chi connectivity index (χ0v) is 11.0. The van der Waals surface area contributed by atoms with Gasteiger partial charge < -0.3 is 5.32 Å². The first kappa shape index (κ1) is 11.3. The molecule has 1 atom stereocenters. The number of fused-ring (bicyclic) bond motifs is 1. The van der Waals surface area contributed by atoms with Gasteiger partial charge in [0.2, 0.25) is 0 Å². The SMILES string of the molecule is CC(Cc1cccs1)Nc1cccc2nccn12. The van der Waals surface area contributed by atoms with Crippen LogP contribution in [0.25, 0.3) is 5.65 Å². The van der Waals surface area contributed by atoms with Gasteiger partial charge in [-0.3, -0.25) is 4.40 Å². The Morgan fingerprint density at radius 1 is 1.33 bits per heavy atom. The van der Waals surface area contributed by atoms with Crippen LogP contribution in [-0.2, 0) is 6.42 Å². The minimum atomic E-state index is 0.400. The van der Waals surface area contributed by atoms with Gasteiger partial charge in [-0.15, -0.1) is 11.3 Å². The molecule has 0 saturated heterocycles. The molecule has 1 N–H and O–H groups in total. The molecule has 0 aliphatic carbocycles. The first-order valence-corrected chi connectivity index (χ1v) is 6.92. The molecule has 0 bridgehead atoms. The van der Waals surface area contributed by atoms with Crippen LogP contribution in [0.5, 0.6) is 0 Å². The van der Waals surface area contributed by atoms with Crippen LogP contribution in [0.15, 0.2) is 48.1 Å². The highest BCUT2D eigenvalue weighted by Crippen LogP contribution is 2.16. The predicted octanol–water partition coefficient (Wildman–Crippen LogP) is 3.44. The van der Waals surface area contributed by atoms with E-state index < -0.39 is 0 Å². The van der Waals surface area contributed by atoms with E-state index in [1.165, 1.54) is 4.88 Å². The second-order valence-electron chi connectivity index (χ2n) is 4.40. The molecule has 3 rings (SSSR count). The Morgan fingerprint density at radius 3 is 3.11 bits per heavy atom. The topological polar surface area (TPSA) is 29.3 Å². The smallest absolute Gasteiger partial charge is 0.138 e. The molecule has 0 saturated carbocycles. The highest BCUT2D eigenvalue weighted by Gasteiger charge is 2.06. The molecule has 0 aromatic carbocycles. The molecule has 3 aromatic rings. The molecule has 3 nitrogen and oxygen atoms in total. The fourth-order valence-corrected chi connectivity index (χ4v) is 2.93. The van der Waals surface area contributed by atoms with Crippen molar-refractivity contribution in [2.24, 2.45) is 0 Å². The van der Waals surface area contributed by atoms with Crippen molar-refractivity contribution in [3.05, 3.63) is 53.0 Å². The number of aromatic nitrogens is 2. The van der Waals surface area contributed by atoms with E-state index in [1.54, 1.807) is 0 Å². The van der Waals surface area contributed by atoms with Gasteiger partial charge in [-0.05, 0) is 30.5 Å². The van der Waals surface area contributed by atoms with Crippen LogP contribution in [0, 0.1) is 0 Å². The summed E-state index contributed by atoms with van der Waals surface area (Å²) in [6.45, 7) is 2.20. The van der Waals surface area contributed by atoms with Gasteiger partial charge >= 0.3 is 0 Å². The van der Waals surface area contributed by atoms with Gasteiger partial charge in [0.25, 0.3) is 0 Å². The second-order valence-corrected chi connectivity index (χ2v) is 5.43. The molecule has 0 spiro atoms. The number of anilines is 1. The summed E-state index contributed by atoms with van der Waals surface area (Å²) in [5, 5.41) is 5.66. The fourth-order valence-electron chi connectivity index (χ4n) is 2.10. The van der Waals surface area contributed by atoms with Crippen LogP contribution >= 0.6 is 11.3 Å². The summed E-state index contributed by atoms with van der Waals surface area (Å²) in [6, 6.07) is 10.8. The maximum atomic E-state index is 4.29. The number of nitrogens with zero attached hydrogens (tertiary/aromatic N) is 2. The average molecular weight is 257 g/mol. The summed E-state index contributed by atoms with van der Waals surface area (Å²) in [4.78, 5) is 5.70. The standard InChI is InChI=1S/C14H15N3S/c1-11(10-12-4-3-9-18-12)16-14-6-2-5-13-15-7-8-17(13)14/h2-9,11,16H,10H2,1H3. The molecule has 18 heavy (non-hydrogen) atoms. The summed E-state index contributed by atoms with van der Waals surface area (Å²) in [6.07, 6.45) is 4.85. The van der Waals surface area contributed by atoms with E-state index in [-0.39, 0.29) is 0 Å². The zero-order valence-electron chi connectivity index (χ0n) is 10.2. The molecular formula is C14H15N3S. The van der Waals surface area contributed by atoms with Gasteiger partial charge in [0, 0.05) is 29.7 Å².